The van der Waals surface area contributed by atoms with Gasteiger partial charge in [0.15, 0.2) is 9.84 Å². The van der Waals surface area contributed by atoms with E-state index in [0.29, 0.717) is 19.4 Å². The molecule has 2 aliphatic rings. The minimum Gasteiger partial charge on any atom is -0.375 e. The molecule has 2 saturated heterocycles. The molecule has 1 spiro atoms. The van der Waals surface area contributed by atoms with Crippen molar-refractivity contribution in [3.8, 4) is 0 Å². The topological polar surface area (TPSA) is 43.4 Å². The maximum absolute atomic E-state index is 11.3. The van der Waals surface area contributed by atoms with Crippen molar-refractivity contribution in [3.05, 3.63) is 0 Å². The van der Waals surface area contributed by atoms with Gasteiger partial charge in [0, 0.05) is 12.0 Å². The van der Waals surface area contributed by atoms with Gasteiger partial charge in [0.1, 0.15) is 0 Å². The first-order valence-corrected chi connectivity index (χ1v) is 7.26. The normalized spacial score (nSPS) is 35.6. The lowest BCUT2D eigenvalue weighted by molar-refractivity contribution is -0.0821. The van der Waals surface area contributed by atoms with Crippen LogP contribution in [0.4, 0.5) is 0 Å². The molecule has 1 atom stereocenters. The van der Waals surface area contributed by atoms with Crippen LogP contribution in [0.5, 0.6) is 0 Å². The molecule has 1 unspecified atom stereocenters. The zero-order valence-electron chi connectivity index (χ0n) is 8.04. The fourth-order valence-electron chi connectivity index (χ4n) is 2.23. The Balaban J connectivity index is 2.04. The number of hydrogen-bond acceptors (Lipinski definition) is 3. The predicted octanol–water partition coefficient (Wildman–Crippen LogP) is 1.35. The quantitative estimate of drug-likeness (QED) is 0.599. The van der Waals surface area contributed by atoms with Crippen LogP contribution < -0.4 is 0 Å². The van der Waals surface area contributed by atoms with E-state index in [1.165, 1.54) is 0 Å². The summed E-state index contributed by atoms with van der Waals surface area (Å²) in [7, 11) is -2.80. The molecule has 3 nitrogen and oxygen atoms in total. The summed E-state index contributed by atoms with van der Waals surface area (Å²) in [5.41, 5.74) is -0.226. The van der Waals surface area contributed by atoms with Crippen molar-refractivity contribution in [2.75, 3.05) is 18.1 Å². The number of ether oxygens (including phenoxy) is 1. The van der Waals surface area contributed by atoms with Crippen LogP contribution in [0, 0.1) is 0 Å². The van der Waals surface area contributed by atoms with E-state index in [-0.39, 0.29) is 22.5 Å². The van der Waals surface area contributed by atoms with Crippen molar-refractivity contribution in [3.63, 3.8) is 0 Å². The summed E-state index contributed by atoms with van der Waals surface area (Å²) < 4.78 is 28.3. The minimum atomic E-state index is -2.80. The zero-order valence-corrected chi connectivity index (χ0v) is 9.61. The fraction of sp³-hybridized carbons (Fsp3) is 1.00. The first-order chi connectivity index (χ1) is 6.52. The Bertz CT molecular complexity index is 298. The highest BCUT2D eigenvalue weighted by Gasteiger charge is 2.41. The highest BCUT2D eigenvalue weighted by Crippen LogP contribution is 2.37. The third-order valence-electron chi connectivity index (χ3n) is 3.17. The van der Waals surface area contributed by atoms with E-state index < -0.39 is 9.84 Å². The fourth-order valence-corrected chi connectivity index (χ4v) is 4.17. The van der Waals surface area contributed by atoms with Crippen LogP contribution in [0.1, 0.15) is 25.7 Å². The van der Waals surface area contributed by atoms with Gasteiger partial charge in [0.25, 0.3) is 0 Å². The summed E-state index contributed by atoms with van der Waals surface area (Å²) >= 11 is 6.08. The molecule has 5 heteroatoms. The van der Waals surface area contributed by atoms with Crippen molar-refractivity contribution in [2.45, 2.75) is 36.7 Å². The Morgan fingerprint density at radius 3 is 2.50 bits per heavy atom. The maximum Gasteiger partial charge on any atom is 0.150 e. The zero-order chi connectivity index (χ0) is 10.2. The molecule has 0 radical (unpaired) electrons. The van der Waals surface area contributed by atoms with Crippen molar-refractivity contribution in [1.82, 2.24) is 0 Å². The molecule has 0 aliphatic carbocycles. The van der Waals surface area contributed by atoms with Crippen molar-refractivity contribution < 1.29 is 13.2 Å². The highest BCUT2D eigenvalue weighted by atomic mass is 35.5. The van der Waals surface area contributed by atoms with E-state index in [2.05, 4.69) is 0 Å². The van der Waals surface area contributed by atoms with E-state index in [1.54, 1.807) is 0 Å². The van der Waals surface area contributed by atoms with Crippen molar-refractivity contribution in [1.29, 1.82) is 0 Å². The van der Waals surface area contributed by atoms with Crippen LogP contribution >= 0.6 is 11.6 Å². The summed E-state index contributed by atoms with van der Waals surface area (Å²) in [6, 6.07) is 0. The van der Waals surface area contributed by atoms with E-state index in [1.807, 2.05) is 0 Å². The van der Waals surface area contributed by atoms with Crippen molar-refractivity contribution >= 4 is 21.4 Å². The largest absolute Gasteiger partial charge is 0.375 e. The lowest BCUT2D eigenvalue weighted by Gasteiger charge is -2.41. The molecule has 2 heterocycles. The van der Waals surface area contributed by atoms with Gasteiger partial charge in [0.2, 0.25) is 0 Å². The molecule has 2 rings (SSSR count). The van der Waals surface area contributed by atoms with Crippen LogP contribution in [0.25, 0.3) is 0 Å². The van der Waals surface area contributed by atoms with Crippen LogP contribution in [0.2, 0.25) is 0 Å². The van der Waals surface area contributed by atoms with Crippen LogP contribution in [0.3, 0.4) is 0 Å². The number of hydrogen-bond donors (Lipinski definition) is 0. The molecule has 0 N–H and O–H groups in total. The summed E-state index contributed by atoms with van der Waals surface area (Å²) in [5.74, 6) is 0.521. The second-order valence-electron chi connectivity index (χ2n) is 4.27. The molecular formula is C9H15ClO3S. The van der Waals surface area contributed by atoms with E-state index in [0.717, 1.165) is 12.8 Å². The molecule has 14 heavy (non-hydrogen) atoms. The van der Waals surface area contributed by atoms with Gasteiger partial charge in [-0.05, 0) is 25.7 Å². The standard InChI is InChI=1S/C9H15ClO3S/c10-8-1-4-13-9(7-8)2-5-14(11,12)6-3-9/h8H,1-7H2. The molecule has 0 amide bonds. The van der Waals surface area contributed by atoms with E-state index >= 15 is 0 Å². The summed E-state index contributed by atoms with van der Waals surface area (Å²) in [6.07, 6.45) is 2.94. The van der Waals surface area contributed by atoms with Crippen molar-refractivity contribution in [2.24, 2.45) is 0 Å². The lowest BCUT2D eigenvalue weighted by atomic mass is 9.88. The average Bonchev–Trinajstić information content (AvgIpc) is 2.12. The van der Waals surface area contributed by atoms with Crippen LogP contribution in [-0.4, -0.2) is 37.5 Å². The summed E-state index contributed by atoms with van der Waals surface area (Å²) in [6.45, 7) is 0.675. The molecule has 82 valence electrons. The number of sulfone groups is 1. The second kappa shape index (κ2) is 3.65. The lowest BCUT2D eigenvalue weighted by Crippen LogP contribution is -2.46. The Morgan fingerprint density at radius 1 is 1.29 bits per heavy atom. The summed E-state index contributed by atoms with van der Waals surface area (Å²) in [4.78, 5) is 0. The number of rotatable bonds is 0. The Kier molecular flexibility index (Phi) is 2.79. The second-order valence-corrected chi connectivity index (χ2v) is 7.19. The van der Waals surface area contributed by atoms with E-state index in [9.17, 15) is 8.42 Å². The Morgan fingerprint density at radius 2 is 1.93 bits per heavy atom. The van der Waals surface area contributed by atoms with Gasteiger partial charge in [0.05, 0.1) is 17.1 Å². The predicted molar refractivity (Wildman–Crippen MR) is 55.4 cm³/mol. The van der Waals surface area contributed by atoms with Gasteiger partial charge in [-0.1, -0.05) is 0 Å². The Hall–Kier alpha value is 0.200. The minimum absolute atomic E-state index is 0.157. The number of halogens is 1. The van der Waals surface area contributed by atoms with Gasteiger partial charge >= 0.3 is 0 Å². The molecular weight excluding hydrogens is 224 g/mol. The molecule has 0 aromatic carbocycles. The molecule has 0 bridgehead atoms. The molecule has 2 fully saturated rings. The van der Waals surface area contributed by atoms with Crippen LogP contribution in [0.15, 0.2) is 0 Å². The first-order valence-electron chi connectivity index (χ1n) is 5.00. The Labute approximate surface area is 89.7 Å². The van der Waals surface area contributed by atoms with Crippen LogP contribution in [-0.2, 0) is 14.6 Å². The molecule has 2 aliphatic heterocycles. The first kappa shape index (κ1) is 10.7. The van der Waals surface area contributed by atoms with Gasteiger partial charge in [-0.3, -0.25) is 0 Å². The third-order valence-corrected chi connectivity index (χ3v) is 5.19. The average molecular weight is 239 g/mol. The molecule has 0 aromatic heterocycles. The monoisotopic (exact) mass is 238 g/mol. The SMILES string of the molecule is O=S1(=O)CCC2(CC1)CC(Cl)CCO2. The third kappa shape index (κ3) is 2.23. The van der Waals surface area contributed by atoms with Gasteiger partial charge in [-0.15, -0.1) is 11.6 Å². The maximum atomic E-state index is 11.3. The van der Waals surface area contributed by atoms with Gasteiger partial charge < -0.3 is 4.74 Å². The molecule has 0 saturated carbocycles. The summed E-state index contributed by atoms with van der Waals surface area (Å²) in [5, 5.41) is 0.157. The van der Waals surface area contributed by atoms with E-state index in [4.69, 9.17) is 16.3 Å². The van der Waals surface area contributed by atoms with Gasteiger partial charge in [-0.25, -0.2) is 8.42 Å². The van der Waals surface area contributed by atoms with Gasteiger partial charge in [-0.2, -0.15) is 0 Å². The smallest absolute Gasteiger partial charge is 0.150 e. The number of alkyl halides is 1. The molecule has 0 aromatic rings. The highest BCUT2D eigenvalue weighted by molar-refractivity contribution is 7.91.